The van der Waals surface area contributed by atoms with Crippen molar-refractivity contribution in [3.63, 3.8) is 0 Å². The molecule has 25 heavy (non-hydrogen) atoms. The van der Waals surface area contributed by atoms with E-state index >= 15 is 0 Å². The summed E-state index contributed by atoms with van der Waals surface area (Å²) < 4.78 is 10.6. The van der Waals surface area contributed by atoms with Crippen molar-refractivity contribution in [2.75, 3.05) is 19.5 Å². The first kappa shape index (κ1) is 16.5. The molecule has 0 aliphatic rings. The van der Waals surface area contributed by atoms with Crippen molar-refractivity contribution in [3.05, 3.63) is 53.2 Å². The lowest BCUT2D eigenvalue weighted by atomic mass is 10.1. The highest BCUT2D eigenvalue weighted by molar-refractivity contribution is 5.93. The highest BCUT2D eigenvalue weighted by Gasteiger charge is 2.11. The summed E-state index contributed by atoms with van der Waals surface area (Å²) in [6, 6.07) is 13.7. The van der Waals surface area contributed by atoms with Crippen molar-refractivity contribution < 1.29 is 9.47 Å². The second-order valence-electron chi connectivity index (χ2n) is 5.60. The summed E-state index contributed by atoms with van der Waals surface area (Å²) in [6.07, 6.45) is 0. The fourth-order valence-electron chi connectivity index (χ4n) is 2.66. The van der Waals surface area contributed by atoms with Crippen LogP contribution < -0.4 is 14.8 Å². The maximum absolute atomic E-state index is 9.37. The predicted molar refractivity (Wildman–Crippen MR) is 95.9 cm³/mol. The summed E-state index contributed by atoms with van der Waals surface area (Å²) in [4.78, 5) is 0. The van der Waals surface area contributed by atoms with Crippen LogP contribution in [0.3, 0.4) is 0 Å². The molecule has 6 heteroatoms. The molecule has 1 aromatic heterocycles. The molecular formula is C19H18N4O2. The Labute approximate surface area is 146 Å². The lowest BCUT2D eigenvalue weighted by Gasteiger charge is -2.13. The third kappa shape index (κ3) is 3.31. The number of nitrogens with one attached hydrogen (secondary N) is 1. The summed E-state index contributed by atoms with van der Waals surface area (Å²) in [7, 11) is 3.21. The Bertz CT molecular complexity index is 964. The number of aryl methyl sites for hydroxylation is 1. The molecule has 3 aromatic rings. The van der Waals surface area contributed by atoms with Gasteiger partial charge in [-0.15, -0.1) is 10.2 Å². The van der Waals surface area contributed by atoms with Crippen LogP contribution in [0.4, 0.5) is 5.69 Å². The van der Waals surface area contributed by atoms with E-state index in [1.54, 1.807) is 14.2 Å². The van der Waals surface area contributed by atoms with E-state index in [1.807, 2.05) is 43.3 Å². The normalized spacial score (nSPS) is 10.3. The van der Waals surface area contributed by atoms with Crippen LogP contribution in [-0.4, -0.2) is 24.4 Å². The summed E-state index contributed by atoms with van der Waals surface area (Å²) in [6.45, 7) is 2.52. The summed E-state index contributed by atoms with van der Waals surface area (Å²) in [5.41, 5.74) is 3.81. The number of aromatic nitrogens is 2. The molecule has 0 amide bonds. The number of hydrogen-bond donors (Lipinski definition) is 1. The third-order valence-corrected chi connectivity index (χ3v) is 3.94. The van der Waals surface area contributed by atoms with Crippen molar-refractivity contribution in [2.24, 2.45) is 0 Å². The quantitative estimate of drug-likeness (QED) is 0.770. The number of ether oxygens (including phenoxy) is 2. The van der Waals surface area contributed by atoms with Gasteiger partial charge in [-0.3, -0.25) is 0 Å². The Morgan fingerprint density at radius 3 is 2.56 bits per heavy atom. The number of benzene rings is 2. The lowest BCUT2D eigenvalue weighted by Crippen LogP contribution is -2.05. The van der Waals surface area contributed by atoms with Crippen LogP contribution in [0.25, 0.3) is 10.9 Å². The minimum atomic E-state index is 0.276. The molecule has 0 bridgehead atoms. The number of nitrogens with zero attached hydrogens (tertiary/aromatic N) is 3. The maximum Gasteiger partial charge on any atom is 0.186 e. The summed E-state index contributed by atoms with van der Waals surface area (Å²) in [5, 5.41) is 21.7. The fourth-order valence-corrected chi connectivity index (χ4v) is 2.66. The van der Waals surface area contributed by atoms with Gasteiger partial charge in [-0.1, -0.05) is 17.7 Å². The van der Waals surface area contributed by atoms with Gasteiger partial charge in [0, 0.05) is 11.9 Å². The van der Waals surface area contributed by atoms with Crippen LogP contribution >= 0.6 is 0 Å². The minimum Gasteiger partial charge on any atom is -0.493 e. The molecule has 0 atom stereocenters. The highest BCUT2D eigenvalue weighted by atomic mass is 16.5. The number of hydrogen-bond acceptors (Lipinski definition) is 6. The monoisotopic (exact) mass is 334 g/mol. The van der Waals surface area contributed by atoms with Gasteiger partial charge in [0.2, 0.25) is 0 Å². The first-order chi connectivity index (χ1) is 12.2. The smallest absolute Gasteiger partial charge is 0.186 e. The number of rotatable bonds is 5. The minimum absolute atomic E-state index is 0.276. The van der Waals surface area contributed by atoms with Crippen molar-refractivity contribution in [2.45, 2.75) is 13.5 Å². The zero-order valence-electron chi connectivity index (χ0n) is 14.3. The molecule has 0 saturated carbocycles. The zero-order valence-corrected chi connectivity index (χ0v) is 14.3. The molecule has 0 radical (unpaired) electrons. The van der Waals surface area contributed by atoms with Crippen molar-refractivity contribution in [3.8, 4) is 17.6 Å². The number of nitriles is 1. The van der Waals surface area contributed by atoms with Crippen LogP contribution in [0.5, 0.6) is 11.5 Å². The molecule has 0 aliphatic heterocycles. The largest absolute Gasteiger partial charge is 0.493 e. The van der Waals surface area contributed by atoms with Gasteiger partial charge < -0.3 is 14.8 Å². The van der Waals surface area contributed by atoms with Gasteiger partial charge in [-0.25, -0.2) is 0 Å². The van der Waals surface area contributed by atoms with E-state index in [0.717, 1.165) is 22.0 Å². The zero-order chi connectivity index (χ0) is 17.8. The average Bonchev–Trinajstić information content (AvgIpc) is 2.65. The van der Waals surface area contributed by atoms with Gasteiger partial charge in [0.1, 0.15) is 6.07 Å². The molecule has 3 rings (SSSR count). The summed E-state index contributed by atoms with van der Waals surface area (Å²) >= 11 is 0. The Morgan fingerprint density at radius 2 is 1.84 bits per heavy atom. The standard InChI is InChI=1S/C19H18N4O2/c1-12-4-6-15-14(8-12)19(16(10-20)23-22-15)21-11-13-5-7-17(24-2)18(9-13)25-3/h4-9H,11H2,1-3H3,(H,21,22). The van der Waals surface area contributed by atoms with Crippen molar-refractivity contribution in [1.29, 1.82) is 5.26 Å². The highest BCUT2D eigenvalue weighted by Crippen LogP contribution is 2.29. The third-order valence-electron chi connectivity index (χ3n) is 3.94. The Hall–Kier alpha value is -3.33. The SMILES string of the molecule is COc1ccc(CNc2c(C#N)nnc3ccc(C)cc23)cc1OC. The lowest BCUT2D eigenvalue weighted by molar-refractivity contribution is 0.354. The van der Waals surface area contributed by atoms with Crippen molar-refractivity contribution >= 4 is 16.6 Å². The topological polar surface area (TPSA) is 80.1 Å². The summed E-state index contributed by atoms with van der Waals surface area (Å²) in [5.74, 6) is 1.34. The molecule has 0 fully saturated rings. The fraction of sp³-hybridized carbons (Fsp3) is 0.211. The van der Waals surface area contributed by atoms with Crippen LogP contribution in [-0.2, 0) is 6.54 Å². The van der Waals surface area contributed by atoms with E-state index in [2.05, 4.69) is 21.6 Å². The van der Waals surface area contributed by atoms with Crippen LogP contribution in [0, 0.1) is 18.3 Å². The van der Waals surface area contributed by atoms with Gasteiger partial charge in [0.15, 0.2) is 17.2 Å². The van der Waals surface area contributed by atoms with Crippen LogP contribution in [0.15, 0.2) is 36.4 Å². The molecule has 0 saturated heterocycles. The molecule has 6 nitrogen and oxygen atoms in total. The molecule has 0 aliphatic carbocycles. The van der Waals surface area contributed by atoms with Gasteiger partial charge >= 0.3 is 0 Å². The molecule has 1 heterocycles. The first-order valence-corrected chi connectivity index (χ1v) is 7.78. The maximum atomic E-state index is 9.37. The predicted octanol–water partition coefficient (Wildman–Crippen LogP) is 3.44. The Kier molecular flexibility index (Phi) is 4.66. The second-order valence-corrected chi connectivity index (χ2v) is 5.60. The van der Waals surface area contributed by atoms with Gasteiger partial charge in [0.25, 0.3) is 0 Å². The molecular weight excluding hydrogens is 316 g/mol. The average molecular weight is 334 g/mol. The Morgan fingerprint density at radius 1 is 1.04 bits per heavy atom. The van der Waals surface area contributed by atoms with E-state index in [0.29, 0.717) is 23.7 Å². The van der Waals surface area contributed by atoms with E-state index in [4.69, 9.17) is 9.47 Å². The van der Waals surface area contributed by atoms with E-state index in [9.17, 15) is 5.26 Å². The number of methoxy groups -OCH3 is 2. The molecule has 1 N–H and O–H groups in total. The number of fused-ring (bicyclic) bond motifs is 1. The Balaban J connectivity index is 1.95. The first-order valence-electron chi connectivity index (χ1n) is 7.78. The number of anilines is 1. The second kappa shape index (κ2) is 7.05. The van der Waals surface area contributed by atoms with Crippen LogP contribution in [0.2, 0.25) is 0 Å². The molecule has 2 aromatic carbocycles. The van der Waals surface area contributed by atoms with E-state index < -0.39 is 0 Å². The molecule has 126 valence electrons. The molecule has 0 spiro atoms. The molecule has 0 unspecified atom stereocenters. The van der Waals surface area contributed by atoms with E-state index in [-0.39, 0.29) is 5.69 Å². The van der Waals surface area contributed by atoms with E-state index in [1.165, 1.54) is 0 Å². The van der Waals surface area contributed by atoms with Crippen molar-refractivity contribution in [1.82, 2.24) is 10.2 Å². The van der Waals surface area contributed by atoms with Crippen LogP contribution in [0.1, 0.15) is 16.8 Å². The van der Waals surface area contributed by atoms with Gasteiger partial charge in [-0.05, 0) is 36.8 Å². The van der Waals surface area contributed by atoms with Gasteiger partial charge in [-0.2, -0.15) is 5.26 Å². The van der Waals surface area contributed by atoms with Gasteiger partial charge in [0.05, 0.1) is 25.4 Å².